The van der Waals surface area contributed by atoms with Gasteiger partial charge in [-0.05, 0) is 34.6 Å². The number of nitrogens with one attached hydrogen (secondary N) is 1. The minimum atomic E-state index is -0.435. The number of amidine groups is 1. The molecule has 0 aliphatic rings. The molecule has 0 spiro atoms. The van der Waals surface area contributed by atoms with Gasteiger partial charge in [0, 0.05) is 12.1 Å². The molecule has 0 aliphatic heterocycles. The minimum Gasteiger partial charge on any atom is -0.453 e. The highest BCUT2D eigenvalue weighted by molar-refractivity contribution is 6.35. The van der Waals surface area contributed by atoms with Gasteiger partial charge in [0.25, 0.3) is 0 Å². The lowest BCUT2D eigenvalue weighted by Crippen LogP contribution is -2.39. The van der Waals surface area contributed by atoms with E-state index in [0.29, 0.717) is 0 Å². The summed E-state index contributed by atoms with van der Waals surface area (Å²) in [4.78, 5) is 15.9. The van der Waals surface area contributed by atoms with Crippen molar-refractivity contribution in [2.75, 3.05) is 0 Å². The first-order valence-electron chi connectivity index (χ1n) is 5.54. The summed E-state index contributed by atoms with van der Waals surface area (Å²) in [6, 6.07) is 0.192. The summed E-state index contributed by atoms with van der Waals surface area (Å²) in [7, 11) is 0. The molecule has 0 aliphatic carbocycles. The standard InChI is InChI=1S/C12H22N2O2/c1-7-10(6)16-12(15)11(13-8(2)3)14-9(4)5/h7-10H,1H2,2-6H3,(H,13,14). The van der Waals surface area contributed by atoms with Gasteiger partial charge in [-0.15, -0.1) is 0 Å². The van der Waals surface area contributed by atoms with Gasteiger partial charge in [-0.2, -0.15) is 0 Å². The zero-order valence-corrected chi connectivity index (χ0v) is 10.8. The molecule has 0 radical (unpaired) electrons. The molecule has 0 aromatic rings. The molecule has 0 rings (SSSR count). The third-order valence-corrected chi connectivity index (χ3v) is 1.63. The normalized spacial score (nSPS) is 13.8. The maximum atomic E-state index is 11.7. The molecule has 0 aromatic carbocycles. The first-order chi connectivity index (χ1) is 7.36. The summed E-state index contributed by atoms with van der Waals surface area (Å²) in [6.07, 6.45) is 1.26. The summed E-state index contributed by atoms with van der Waals surface area (Å²) in [6.45, 7) is 13.0. The monoisotopic (exact) mass is 226 g/mol. The third-order valence-electron chi connectivity index (χ3n) is 1.63. The van der Waals surface area contributed by atoms with E-state index in [1.165, 1.54) is 0 Å². The van der Waals surface area contributed by atoms with Crippen molar-refractivity contribution in [3.05, 3.63) is 12.7 Å². The summed E-state index contributed by atoms with van der Waals surface area (Å²) in [5.74, 6) is -0.159. The van der Waals surface area contributed by atoms with Crippen molar-refractivity contribution in [2.45, 2.75) is 52.8 Å². The Kier molecular flexibility index (Phi) is 6.46. The number of carbonyl (C=O) groups excluding carboxylic acids is 1. The number of nitrogens with zero attached hydrogens (tertiary/aromatic N) is 1. The molecule has 4 heteroatoms. The highest BCUT2D eigenvalue weighted by Gasteiger charge is 2.16. The Labute approximate surface area is 97.8 Å². The highest BCUT2D eigenvalue weighted by Crippen LogP contribution is 1.96. The average molecular weight is 226 g/mol. The molecule has 1 N–H and O–H groups in total. The van der Waals surface area contributed by atoms with Crippen molar-refractivity contribution in [3.63, 3.8) is 0 Å². The zero-order chi connectivity index (χ0) is 12.7. The molecular weight excluding hydrogens is 204 g/mol. The predicted octanol–water partition coefficient (Wildman–Crippen LogP) is 1.91. The summed E-state index contributed by atoms with van der Waals surface area (Å²) in [5, 5.41) is 2.98. The van der Waals surface area contributed by atoms with Crippen LogP contribution in [-0.4, -0.2) is 30.0 Å². The van der Waals surface area contributed by atoms with Gasteiger partial charge >= 0.3 is 5.97 Å². The number of rotatable bonds is 4. The number of ether oxygens (including phenoxy) is 1. The maximum Gasteiger partial charge on any atom is 0.374 e. The van der Waals surface area contributed by atoms with Crippen LogP contribution >= 0.6 is 0 Å². The van der Waals surface area contributed by atoms with Gasteiger partial charge in [0.2, 0.25) is 5.84 Å². The van der Waals surface area contributed by atoms with Crippen LogP contribution in [0.3, 0.4) is 0 Å². The van der Waals surface area contributed by atoms with E-state index >= 15 is 0 Å². The molecule has 0 aromatic heterocycles. The Morgan fingerprint density at radius 2 is 1.88 bits per heavy atom. The number of hydrogen-bond acceptors (Lipinski definition) is 3. The Balaban J connectivity index is 4.63. The van der Waals surface area contributed by atoms with Crippen LogP contribution in [0.4, 0.5) is 0 Å². The predicted molar refractivity (Wildman–Crippen MR) is 66.6 cm³/mol. The Morgan fingerprint density at radius 1 is 1.31 bits per heavy atom. The molecule has 0 heterocycles. The molecule has 0 fully saturated rings. The molecule has 4 nitrogen and oxygen atoms in total. The fourth-order valence-electron chi connectivity index (χ4n) is 0.953. The first-order valence-corrected chi connectivity index (χ1v) is 5.54. The quantitative estimate of drug-likeness (QED) is 0.345. The average Bonchev–Trinajstić information content (AvgIpc) is 2.15. The van der Waals surface area contributed by atoms with E-state index in [-0.39, 0.29) is 24.0 Å². The zero-order valence-electron chi connectivity index (χ0n) is 10.8. The molecule has 0 bridgehead atoms. The molecular formula is C12H22N2O2. The lowest BCUT2D eigenvalue weighted by atomic mass is 10.3. The Hall–Kier alpha value is -1.32. The smallest absolute Gasteiger partial charge is 0.374 e. The van der Waals surface area contributed by atoms with E-state index in [4.69, 9.17) is 4.74 Å². The second-order valence-corrected chi connectivity index (χ2v) is 4.22. The lowest BCUT2D eigenvalue weighted by molar-refractivity contribution is -0.138. The highest BCUT2D eigenvalue weighted by atomic mass is 16.5. The van der Waals surface area contributed by atoms with Gasteiger partial charge in [-0.1, -0.05) is 12.7 Å². The minimum absolute atomic E-state index is 0.0489. The molecule has 1 unspecified atom stereocenters. The fraction of sp³-hybridized carbons (Fsp3) is 0.667. The van der Waals surface area contributed by atoms with Crippen LogP contribution < -0.4 is 5.32 Å². The lowest BCUT2D eigenvalue weighted by Gasteiger charge is -2.15. The van der Waals surface area contributed by atoms with Crippen molar-refractivity contribution < 1.29 is 9.53 Å². The van der Waals surface area contributed by atoms with Crippen LogP contribution in [0.15, 0.2) is 17.6 Å². The molecule has 1 atom stereocenters. The molecule has 0 saturated carbocycles. The van der Waals surface area contributed by atoms with E-state index in [0.717, 1.165) is 0 Å². The van der Waals surface area contributed by atoms with Crippen molar-refractivity contribution in [2.24, 2.45) is 4.99 Å². The van der Waals surface area contributed by atoms with Crippen LogP contribution in [0.25, 0.3) is 0 Å². The van der Waals surface area contributed by atoms with E-state index in [1.54, 1.807) is 13.0 Å². The van der Waals surface area contributed by atoms with Crippen molar-refractivity contribution in [1.29, 1.82) is 0 Å². The number of carbonyl (C=O) groups is 1. The van der Waals surface area contributed by atoms with Crippen LogP contribution in [0.1, 0.15) is 34.6 Å². The van der Waals surface area contributed by atoms with Gasteiger partial charge < -0.3 is 10.1 Å². The second-order valence-electron chi connectivity index (χ2n) is 4.22. The van der Waals surface area contributed by atoms with Gasteiger partial charge in [0.15, 0.2) is 0 Å². The molecule has 0 saturated heterocycles. The van der Waals surface area contributed by atoms with Crippen molar-refractivity contribution in [3.8, 4) is 0 Å². The molecule has 16 heavy (non-hydrogen) atoms. The van der Waals surface area contributed by atoms with Crippen molar-refractivity contribution in [1.82, 2.24) is 5.32 Å². The topological polar surface area (TPSA) is 50.7 Å². The first kappa shape index (κ1) is 14.7. The van der Waals surface area contributed by atoms with Crippen LogP contribution in [0.5, 0.6) is 0 Å². The van der Waals surface area contributed by atoms with E-state index < -0.39 is 5.97 Å². The number of hydrogen-bond donors (Lipinski definition) is 1. The van der Waals surface area contributed by atoms with Crippen molar-refractivity contribution >= 4 is 11.8 Å². The van der Waals surface area contributed by atoms with Gasteiger partial charge in [-0.3, -0.25) is 4.99 Å². The fourth-order valence-corrected chi connectivity index (χ4v) is 0.953. The SMILES string of the molecule is C=CC(C)OC(=O)C(=NC(C)C)NC(C)C. The number of esters is 1. The van der Waals surface area contributed by atoms with Gasteiger partial charge in [0.1, 0.15) is 6.10 Å². The Morgan fingerprint density at radius 3 is 2.25 bits per heavy atom. The van der Waals surface area contributed by atoms with E-state index in [2.05, 4.69) is 16.9 Å². The maximum absolute atomic E-state index is 11.7. The summed E-state index contributed by atoms with van der Waals surface area (Å²) in [5.41, 5.74) is 0. The number of aliphatic imine (C=N–C) groups is 1. The summed E-state index contributed by atoms with van der Waals surface area (Å²) < 4.78 is 5.11. The van der Waals surface area contributed by atoms with E-state index in [1.807, 2.05) is 27.7 Å². The summed E-state index contributed by atoms with van der Waals surface area (Å²) >= 11 is 0. The molecule has 0 amide bonds. The second kappa shape index (κ2) is 7.04. The molecule has 92 valence electrons. The third kappa shape index (κ3) is 6.22. The van der Waals surface area contributed by atoms with Crippen LogP contribution in [0, 0.1) is 0 Å². The van der Waals surface area contributed by atoms with Gasteiger partial charge in [-0.25, -0.2) is 4.79 Å². The van der Waals surface area contributed by atoms with Gasteiger partial charge in [0.05, 0.1) is 0 Å². The Bertz CT molecular complexity index is 270. The van der Waals surface area contributed by atoms with E-state index in [9.17, 15) is 4.79 Å². The largest absolute Gasteiger partial charge is 0.453 e. The van der Waals surface area contributed by atoms with Crippen LogP contribution in [0.2, 0.25) is 0 Å². The van der Waals surface area contributed by atoms with Crippen LogP contribution in [-0.2, 0) is 9.53 Å².